The lowest BCUT2D eigenvalue weighted by Gasteiger charge is -2.20. The molecule has 25 heavy (non-hydrogen) atoms. The van der Waals surface area contributed by atoms with Crippen LogP contribution in [0.2, 0.25) is 5.02 Å². The van der Waals surface area contributed by atoms with Gasteiger partial charge in [0.1, 0.15) is 12.7 Å². The minimum atomic E-state index is -1.19. The standard InChI is InChI=1S/C18H21ClN2O4/c19-13-6-7-15(20)14(10-13)17(23)16(22)8-9-21-18(24)25-11-12-4-2-1-3-5-12/h1-7,10,16-17,22-23H,8-9,11,20H2,(H,21,24). The van der Waals surface area contributed by atoms with E-state index >= 15 is 0 Å². The first-order valence-corrected chi connectivity index (χ1v) is 8.21. The number of alkyl carbamates (subject to hydrolysis) is 1. The summed E-state index contributed by atoms with van der Waals surface area (Å²) in [5.41, 5.74) is 7.35. The Labute approximate surface area is 151 Å². The van der Waals surface area contributed by atoms with E-state index in [0.717, 1.165) is 5.56 Å². The summed E-state index contributed by atoms with van der Waals surface area (Å²) in [6, 6.07) is 14.0. The van der Waals surface area contributed by atoms with Crippen molar-refractivity contribution in [3.8, 4) is 0 Å². The van der Waals surface area contributed by atoms with Crippen molar-refractivity contribution in [1.82, 2.24) is 5.32 Å². The molecule has 0 radical (unpaired) electrons. The fraction of sp³-hybridized carbons (Fsp3) is 0.278. The summed E-state index contributed by atoms with van der Waals surface area (Å²) in [5.74, 6) is 0. The number of nitrogen functional groups attached to an aromatic ring is 1. The molecule has 0 aromatic heterocycles. The number of carbonyl (C=O) groups is 1. The van der Waals surface area contributed by atoms with E-state index < -0.39 is 18.3 Å². The lowest BCUT2D eigenvalue weighted by molar-refractivity contribution is 0.0140. The first-order chi connectivity index (χ1) is 12.0. The van der Waals surface area contributed by atoms with Crippen molar-refractivity contribution in [3.63, 3.8) is 0 Å². The van der Waals surface area contributed by atoms with Gasteiger partial charge in [-0.1, -0.05) is 41.9 Å². The maximum atomic E-state index is 11.6. The molecule has 0 saturated carbocycles. The number of amides is 1. The van der Waals surface area contributed by atoms with Gasteiger partial charge in [0, 0.05) is 22.8 Å². The molecule has 1 amide bonds. The van der Waals surface area contributed by atoms with Gasteiger partial charge in [0.15, 0.2) is 0 Å². The van der Waals surface area contributed by atoms with Gasteiger partial charge in [0.05, 0.1) is 6.10 Å². The summed E-state index contributed by atoms with van der Waals surface area (Å²) in [7, 11) is 0. The number of carbonyl (C=O) groups excluding carboxylic acids is 1. The number of ether oxygens (including phenoxy) is 1. The lowest BCUT2D eigenvalue weighted by Crippen LogP contribution is -2.30. The number of hydrogen-bond acceptors (Lipinski definition) is 5. The monoisotopic (exact) mass is 364 g/mol. The number of benzene rings is 2. The number of nitrogens with one attached hydrogen (secondary N) is 1. The summed E-state index contributed by atoms with van der Waals surface area (Å²) >= 11 is 5.87. The quantitative estimate of drug-likeness (QED) is 0.565. The molecule has 0 aliphatic heterocycles. The Hall–Kier alpha value is -2.28. The fourth-order valence-electron chi connectivity index (χ4n) is 2.26. The molecule has 7 heteroatoms. The minimum Gasteiger partial charge on any atom is -0.445 e. The van der Waals surface area contributed by atoms with Gasteiger partial charge in [0.25, 0.3) is 0 Å². The van der Waals surface area contributed by atoms with Crippen molar-refractivity contribution in [2.75, 3.05) is 12.3 Å². The molecule has 0 aliphatic carbocycles. The van der Waals surface area contributed by atoms with Crippen LogP contribution in [-0.4, -0.2) is 29.0 Å². The number of aliphatic hydroxyl groups is 2. The normalized spacial score (nSPS) is 13.1. The highest BCUT2D eigenvalue weighted by atomic mass is 35.5. The van der Waals surface area contributed by atoms with Crippen molar-refractivity contribution in [2.45, 2.75) is 25.2 Å². The highest BCUT2D eigenvalue weighted by molar-refractivity contribution is 6.30. The zero-order valence-electron chi connectivity index (χ0n) is 13.6. The predicted molar refractivity (Wildman–Crippen MR) is 96.1 cm³/mol. The van der Waals surface area contributed by atoms with Crippen LogP contribution in [0.1, 0.15) is 23.7 Å². The number of aliphatic hydroxyl groups excluding tert-OH is 2. The van der Waals surface area contributed by atoms with Crippen LogP contribution in [0.15, 0.2) is 48.5 Å². The first-order valence-electron chi connectivity index (χ1n) is 7.83. The Balaban J connectivity index is 1.75. The van der Waals surface area contributed by atoms with Crippen LogP contribution in [0.4, 0.5) is 10.5 Å². The Morgan fingerprint density at radius 1 is 1.20 bits per heavy atom. The molecule has 5 N–H and O–H groups in total. The number of hydrogen-bond donors (Lipinski definition) is 4. The average molecular weight is 365 g/mol. The van der Waals surface area contributed by atoms with E-state index in [2.05, 4.69) is 5.32 Å². The zero-order chi connectivity index (χ0) is 18.2. The van der Waals surface area contributed by atoms with Crippen molar-refractivity contribution in [1.29, 1.82) is 0 Å². The van der Waals surface area contributed by atoms with E-state index in [9.17, 15) is 15.0 Å². The van der Waals surface area contributed by atoms with E-state index in [1.165, 1.54) is 6.07 Å². The molecule has 0 bridgehead atoms. The van der Waals surface area contributed by atoms with E-state index in [0.29, 0.717) is 16.3 Å². The van der Waals surface area contributed by atoms with Crippen LogP contribution in [0.25, 0.3) is 0 Å². The molecule has 134 valence electrons. The largest absolute Gasteiger partial charge is 0.445 e. The number of anilines is 1. The molecule has 0 aliphatic rings. The van der Waals surface area contributed by atoms with Crippen molar-refractivity contribution in [3.05, 3.63) is 64.7 Å². The van der Waals surface area contributed by atoms with E-state index in [-0.39, 0.29) is 19.6 Å². The van der Waals surface area contributed by atoms with Gasteiger partial charge in [-0.05, 0) is 30.2 Å². The van der Waals surface area contributed by atoms with E-state index in [4.69, 9.17) is 22.1 Å². The molecule has 0 spiro atoms. The van der Waals surface area contributed by atoms with Gasteiger partial charge in [-0.2, -0.15) is 0 Å². The second-order valence-corrected chi connectivity index (χ2v) is 6.00. The SMILES string of the molecule is Nc1ccc(Cl)cc1C(O)C(O)CCNC(=O)OCc1ccccc1. The van der Waals surface area contributed by atoms with Gasteiger partial charge < -0.3 is 26.0 Å². The number of nitrogens with two attached hydrogens (primary N) is 1. The average Bonchev–Trinajstić information content (AvgIpc) is 2.62. The van der Waals surface area contributed by atoms with Gasteiger partial charge in [-0.3, -0.25) is 0 Å². The zero-order valence-corrected chi connectivity index (χ0v) is 14.3. The van der Waals surface area contributed by atoms with Crippen molar-refractivity contribution >= 4 is 23.4 Å². The lowest BCUT2D eigenvalue weighted by atomic mass is 10.0. The molecule has 0 saturated heterocycles. The fourth-order valence-corrected chi connectivity index (χ4v) is 2.44. The molecule has 2 aromatic rings. The first kappa shape index (κ1) is 19.1. The maximum absolute atomic E-state index is 11.6. The highest BCUT2D eigenvalue weighted by Crippen LogP contribution is 2.27. The topological polar surface area (TPSA) is 105 Å². The Bertz CT molecular complexity index is 697. The summed E-state index contributed by atoms with van der Waals surface area (Å²) < 4.78 is 5.06. The Morgan fingerprint density at radius 2 is 1.92 bits per heavy atom. The molecule has 2 atom stereocenters. The maximum Gasteiger partial charge on any atom is 0.407 e. The highest BCUT2D eigenvalue weighted by Gasteiger charge is 2.21. The number of halogens is 1. The summed E-state index contributed by atoms with van der Waals surface area (Å²) in [5, 5.41) is 23.2. The van der Waals surface area contributed by atoms with Crippen LogP contribution in [-0.2, 0) is 11.3 Å². The number of rotatable bonds is 7. The van der Waals surface area contributed by atoms with Crippen LogP contribution in [0, 0.1) is 0 Å². The third-order valence-electron chi connectivity index (χ3n) is 3.65. The molecular weight excluding hydrogens is 344 g/mol. The van der Waals surface area contributed by atoms with Gasteiger partial charge >= 0.3 is 6.09 Å². The second-order valence-electron chi connectivity index (χ2n) is 5.56. The van der Waals surface area contributed by atoms with Crippen molar-refractivity contribution in [2.24, 2.45) is 0 Å². The Kier molecular flexibility index (Phi) is 7.06. The van der Waals surface area contributed by atoms with Crippen LogP contribution < -0.4 is 11.1 Å². The van der Waals surface area contributed by atoms with Gasteiger partial charge in [-0.15, -0.1) is 0 Å². The third kappa shape index (κ3) is 5.94. The molecule has 0 heterocycles. The van der Waals surface area contributed by atoms with Crippen molar-refractivity contribution < 1.29 is 19.7 Å². The molecule has 2 aromatic carbocycles. The molecule has 2 rings (SSSR count). The van der Waals surface area contributed by atoms with Gasteiger partial charge in [-0.25, -0.2) is 4.79 Å². The summed E-state index contributed by atoms with van der Waals surface area (Å²) in [6.07, 6.45) is -2.75. The summed E-state index contributed by atoms with van der Waals surface area (Å²) in [4.78, 5) is 11.6. The molecule has 2 unspecified atom stereocenters. The van der Waals surface area contributed by atoms with Crippen LogP contribution in [0.3, 0.4) is 0 Å². The predicted octanol–water partition coefficient (Wildman–Crippen LogP) is 2.63. The van der Waals surface area contributed by atoms with E-state index in [1.807, 2.05) is 30.3 Å². The van der Waals surface area contributed by atoms with Gasteiger partial charge in [0.2, 0.25) is 0 Å². The second kappa shape index (κ2) is 9.27. The molecular formula is C18H21ClN2O4. The Morgan fingerprint density at radius 3 is 2.64 bits per heavy atom. The molecule has 0 fully saturated rings. The minimum absolute atomic E-state index is 0.132. The van der Waals surface area contributed by atoms with Crippen LogP contribution in [0.5, 0.6) is 0 Å². The smallest absolute Gasteiger partial charge is 0.407 e. The molecule has 6 nitrogen and oxygen atoms in total. The van der Waals surface area contributed by atoms with E-state index in [1.54, 1.807) is 12.1 Å². The van der Waals surface area contributed by atoms with Crippen LogP contribution >= 0.6 is 11.6 Å². The summed E-state index contributed by atoms with van der Waals surface area (Å²) in [6.45, 7) is 0.309. The third-order valence-corrected chi connectivity index (χ3v) is 3.89.